The second-order valence-electron chi connectivity index (χ2n) is 5.54. The minimum atomic E-state index is 0.464. The minimum Gasteiger partial charge on any atom is -0.399 e. The van der Waals surface area contributed by atoms with E-state index in [0.29, 0.717) is 11.6 Å². The van der Waals surface area contributed by atoms with Gasteiger partial charge in [0.15, 0.2) is 0 Å². The van der Waals surface area contributed by atoms with Gasteiger partial charge >= 0.3 is 0 Å². The van der Waals surface area contributed by atoms with Crippen LogP contribution < -0.4 is 16.4 Å². The van der Waals surface area contributed by atoms with Gasteiger partial charge in [0.2, 0.25) is 5.96 Å². The fraction of sp³-hybridized carbons (Fsp3) is 0.409. The molecule has 0 saturated heterocycles. The average Bonchev–Trinajstić information content (AvgIpc) is 3.21. The molecule has 0 fully saturated rings. The Balaban J connectivity index is 0.00000198. The molecule has 4 N–H and O–H groups in total. The van der Waals surface area contributed by atoms with Crippen LogP contribution in [0.1, 0.15) is 48.0 Å². The molecule has 2 rings (SSSR count). The molecule has 0 aliphatic rings. The van der Waals surface area contributed by atoms with Crippen molar-refractivity contribution < 1.29 is 0 Å². The van der Waals surface area contributed by atoms with Gasteiger partial charge in [0.25, 0.3) is 0 Å². The van der Waals surface area contributed by atoms with Crippen LogP contribution in [0.3, 0.4) is 0 Å². The Morgan fingerprint density at radius 2 is 1.97 bits per heavy atom. The maximum absolute atomic E-state index is 5.78. The van der Waals surface area contributed by atoms with Crippen molar-refractivity contribution in [1.82, 2.24) is 9.78 Å². The Hall–Kier alpha value is -2.74. The van der Waals surface area contributed by atoms with Crippen LogP contribution in [0, 0.1) is 0 Å². The van der Waals surface area contributed by atoms with Gasteiger partial charge in [0, 0.05) is 30.3 Å². The third kappa shape index (κ3) is 11.3. The number of aliphatic imine (C=N–C) groups is 2. The van der Waals surface area contributed by atoms with E-state index in [2.05, 4.69) is 32.6 Å². The minimum absolute atomic E-state index is 0.464. The predicted molar refractivity (Wildman–Crippen MR) is 137 cm³/mol. The van der Waals surface area contributed by atoms with Crippen molar-refractivity contribution >= 4 is 41.1 Å². The molecule has 0 amide bonds. The third-order valence-electron chi connectivity index (χ3n) is 3.34. The fourth-order valence-corrected chi connectivity index (χ4v) is 2.17. The maximum Gasteiger partial charge on any atom is 0.228 e. The highest BCUT2D eigenvalue weighted by molar-refractivity contribution is 8.02. The highest BCUT2D eigenvalue weighted by atomic mass is 32.2. The first kappa shape index (κ1) is 27.3. The summed E-state index contributed by atoms with van der Waals surface area (Å²) in [5.74, 6) is 0.464. The van der Waals surface area contributed by atoms with Crippen molar-refractivity contribution in [2.45, 2.75) is 54.5 Å². The Morgan fingerprint density at radius 3 is 2.60 bits per heavy atom. The largest absolute Gasteiger partial charge is 0.399 e. The Bertz CT molecular complexity index is 794. The number of nitrogen functional groups attached to an aromatic ring is 1. The first-order chi connectivity index (χ1) is 14.6. The van der Waals surface area contributed by atoms with Crippen LogP contribution in [-0.2, 0) is 6.54 Å². The number of nitrogens with one attached hydrogen (secondary N) is 2. The van der Waals surface area contributed by atoms with Crippen LogP contribution in [0.5, 0.6) is 0 Å². The summed E-state index contributed by atoms with van der Waals surface area (Å²) >= 11 is 1.63. The van der Waals surface area contributed by atoms with Crippen LogP contribution in [0.2, 0.25) is 0 Å². The highest BCUT2D eigenvalue weighted by Crippen LogP contribution is 2.12. The van der Waals surface area contributed by atoms with Crippen LogP contribution >= 0.6 is 11.8 Å². The lowest BCUT2D eigenvalue weighted by molar-refractivity contribution is 0.603. The Morgan fingerprint density at radius 1 is 1.23 bits per heavy atom. The van der Waals surface area contributed by atoms with Gasteiger partial charge in [0.05, 0.1) is 18.2 Å². The van der Waals surface area contributed by atoms with Gasteiger partial charge in [-0.05, 0) is 42.7 Å². The summed E-state index contributed by atoms with van der Waals surface area (Å²) in [7, 11) is 0. The number of thioether (sulfide) groups is 1. The van der Waals surface area contributed by atoms with E-state index >= 15 is 0 Å². The number of allylic oxidation sites excluding steroid dienone is 1. The number of rotatable bonds is 7. The van der Waals surface area contributed by atoms with Gasteiger partial charge in [-0.25, -0.2) is 9.98 Å². The van der Waals surface area contributed by atoms with Gasteiger partial charge in [0.1, 0.15) is 0 Å². The summed E-state index contributed by atoms with van der Waals surface area (Å²) in [5, 5.41) is 10.6. The number of anilines is 3. The van der Waals surface area contributed by atoms with Gasteiger partial charge in [-0.1, -0.05) is 40.7 Å². The number of guanidine groups is 1. The molecule has 0 bridgehead atoms. The average molecular weight is 432 g/mol. The lowest BCUT2D eigenvalue weighted by Crippen LogP contribution is -2.10. The fourth-order valence-electron chi connectivity index (χ4n) is 2.01. The van der Waals surface area contributed by atoms with Crippen LogP contribution in [0.15, 0.2) is 57.7 Å². The SMILES string of the molecule is CC.CC.CCCn1cc(NC(=N/C=C(\C)SC)/N=C/Nc2cccc(N)c2)cn1. The van der Waals surface area contributed by atoms with Gasteiger partial charge in [-0.15, -0.1) is 11.8 Å². The second kappa shape index (κ2) is 17.1. The van der Waals surface area contributed by atoms with E-state index in [1.54, 1.807) is 30.5 Å². The number of hydrogen-bond donors (Lipinski definition) is 3. The normalized spacial score (nSPS) is 11.3. The van der Waals surface area contributed by atoms with Gasteiger partial charge in [-0.2, -0.15) is 5.10 Å². The number of nitrogens with two attached hydrogens (primary N) is 1. The number of benzene rings is 1. The first-order valence-corrected chi connectivity index (χ1v) is 11.6. The van der Waals surface area contributed by atoms with E-state index in [9.17, 15) is 0 Å². The molecule has 1 aromatic heterocycles. The van der Waals surface area contributed by atoms with E-state index in [1.165, 1.54) is 0 Å². The molecule has 2 aromatic rings. The first-order valence-electron chi connectivity index (χ1n) is 10.3. The maximum atomic E-state index is 5.78. The predicted octanol–water partition coefficient (Wildman–Crippen LogP) is 6.06. The molecule has 8 heteroatoms. The topological polar surface area (TPSA) is 92.6 Å². The second-order valence-corrected chi connectivity index (χ2v) is 6.59. The van der Waals surface area contributed by atoms with E-state index in [4.69, 9.17) is 5.73 Å². The Labute approximate surface area is 186 Å². The number of aryl methyl sites for hydroxylation is 1. The quantitative estimate of drug-likeness (QED) is 0.281. The Kier molecular flexibility index (Phi) is 15.6. The summed E-state index contributed by atoms with van der Waals surface area (Å²) in [6, 6.07) is 7.47. The smallest absolute Gasteiger partial charge is 0.228 e. The molecule has 0 aliphatic carbocycles. The molecule has 0 aliphatic heterocycles. The van der Waals surface area contributed by atoms with E-state index in [0.717, 1.165) is 29.2 Å². The molecule has 0 radical (unpaired) electrons. The zero-order valence-corrected chi connectivity index (χ0v) is 20.1. The van der Waals surface area contributed by atoms with Crippen LogP contribution in [0.25, 0.3) is 0 Å². The molecule has 0 saturated carbocycles. The van der Waals surface area contributed by atoms with Crippen molar-refractivity contribution in [1.29, 1.82) is 0 Å². The molecular formula is C22H37N7S. The number of nitrogens with zero attached hydrogens (tertiary/aromatic N) is 4. The standard InChI is InChI=1S/C18H25N7S.2C2H6/c1-4-8-25-12-17(11-23-25)24-18(20-10-14(2)26-3)22-13-21-16-7-5-6-15(19)9-16;2*1-2/h5-7,9-13H,4,8,19H2,1-3H3,(H2,20,21,22,24);2*1-2H3/b14-10+;;. The molecule has 30 heavy (non-hydrogen) atoms. The van der Waals surface area contributed by atoms with Crippen molar-refractivity contribution in [3.63, 3.8) is 0 Å². The molecular weight excluding hydrogens is 394 g/mol. The number of aromatic nitrogens is 2. The molecule has 0 atom stereocenters. The lowest BCUT2D eigenvalue weighted by Gasteiger charge is -2.04. The highest BCUT2D eigenvalue weighted by Gasteiger charge is 2.01. The third-order valence-corrected chi connectivity index (χ3v) is 4.09. The number of hydrogen-bond acceptors (Lipinski definition) is 4. The van der Waals surface area contributed by atoms with E-state index in [-0.39, 0.29) is 0 Å². The molecule has 0 unspecified atom stereocenters. The molecule has 7 nitrogen and oxygen atoms in total. The monoisotopic (exact) mass is 431 g/mol. The van der Waals surface area contributed by atoms with E-state index < -0.39 is 0 Å². The molecule has 1 aromatic carbocycles. The van der Waals surface area contributed by atoms with Gasteiger partial charge < -0.3 is 16.4 Å². The van der Waals surface area contributed by atoms with Crippen LogP contribution in [-0.4, -0.2) is 28.3 Å². The molecule has 0 spiro atoms. The zero-order valence-electron chi connectivity index (χ0n) is 19.3. The summed E-state index contributed by atoms with van der Waals surface area (Å²) in [6.45, 7) is 13.0. The van der Waals surface area contributed by atoms with Crippen molar-refractivity contribution in [3.05, 3.63) is 47.8 Å². The lowest BCUT2D eigenvalue weighted by atomic mass is 10.3. The summed E-state index contributed by atoms with van der Waals surface area (Å²) < 4.78 is 1.89. The zero-order chi connectivity index (χ0) is 22.8. The molecule has 1 heterocycles. The summed E-state index contributed by atoms with van der Waals surface area (Å²) in [6.07, 6.45) is 10.1. The van der Waals surface area contributed by atoms with E-state index in [1.807, 2.05) is 76.0 Å². The van der Waals surface area contributed by atoms with Crippen molar-refractivity contribution in [2.24, 2.45) is 9.98 Å². The summed E-state index contributed by atoms with van der Waals surface area (Å²) in [4.78, 5) is 9.88. The molecule has 166 valence electrons. The van der Waals surface area contributed by atoms with Gasteiger partial charge in [-0.3, -0.25) is 4.68 Å². The van der Waals surface area contributed by atoms with Crippen molar-refractivity contribution in [2.75, 3.05) is 22.6 Å². The van der Waals surface area contributed by atoms with Crippen LogP contribution in [0.4, 0.5) is 17.1 Å². The summed E-state index contributed by atoms with van der Waals surface area (Å²) in [5.41, 5.74) is 8.17. The van der Waals surface area contributed by atoms with Crippen molar-refractivity contribution in [3.8, 4) is 0 Å².